The SMILES string of the molecule is Cn1cncc1-c1nnc(C2CCN(C(=O)c3ccncc3)C2)o1. The van der Waals surface area contributed by atoms with E-state index in [1.165, 1.54) is 0 Å². The monoisotopic (exact) mass is 324 g/mol. The van der Waals surface area contributed by atoms with Crippen LogP contribution in [0.25, 0.3) is 11.6 Å². The van der Waals surface area contributed by atoms with E-state index in [1.807, 2.05) is 16.5 Å². The number of aryl methyl sites for hydroxylation is 1. The largest absolute Gasteiger partial charge is 0.419 e. The number of imidazole rings is 1. The summed E-state index contributed by atoms with van der Waals surface area (Å²) in [4.78, 5) is 22.3. The number of aromatic nitrogens is 5. The summed E-state index contributed by atoms with van der Waals surface area (Å²) in [6.07, 6.45) is 7.43. The quantitative estimate of drug-likeness (QED) is 0.725. The molecule has 1 amide bonds. The minimum atomic E-state index is 0.00581. The molecule has 4 heterocycles. The van der Waals surface area contributed by atoms with Crippen molar-refractivity contribution >= 4 is 5.91 Å². The first-order valence-corrected chi connectivity index (χ1v) is 7.72. The van der Waals surface area contributed by atoms with Crippen LogP contribution in [-0.2, 0) is 7.05 Å². The molecule has 8 nitrogen and oxygen atoms in total. The number of hydrogen-bond acceptors (Lipinski definition) is 6. The van der Waals surface area contributed by atoms with Gasteiger partial charge in [-0.15, -0.1) is 10.2 Å². The van der Waals surface area contributed by atoms with E-state index < -0.39 is 0 Å². The van der Waals surface area contributed by atoms with Crippen LogP contribution < -0.4 is 0 Å². The Bertz CT molecular complexity index is 856. The first-order valence-electron chi connectivity index (χ1n) is 7.72. The van der Waals surface area contributed by atoms with Crippen LogP contribution >= 0.6 is 0 Å². The number of pyridine rings is 1. The van der Waals surface area contributed by atoms with Crippen molar-refractivity contribution in [2.45, 2.75) is 12.3 Å². The summed E-state index contributed by atoms with van der Waals surface area (Å²) in [5.41, 5.74) is 1.42. The average molecular weight is 324 g/mol. The molecule has 1 unspecified atom stereocenters. The van der Waals surface area contributed by atoms with Gasteiger partial charge in [0.25, 0.3) is 11.8 Å². The minimum absolute atomic E-state index is 0.00581. The molecule has 8 heteroatoms. The number of hydrogen-bond donors (Lipinski definition) is 0. The van der Waals surface area contributed by atoms with Crippen LogP contribution in [0, 0.1) is 0 Å². The van der Waals surface area contributed by atoms with Crippen molar-refractivity contribution in [3.8, 4) is 11.6 Å². The number of likely N-dealkylation sites (tertiary alicyclic amines) is 1. The summed E-state index contributed by atoms with van der Waals surface area (Å²) in [7, 11) is 1.87. The van der Waals surface area contributed by atoms with E-state index in [0.717, 1.165) is 12.1 Å². The van der Waals surface area contributed by atoms with Crippen molar-refractivity contribution in [3.63, 3.8) is 0 Å². The lowest BCUT2D eigenvalue weighted by molar-refractivity contribution is 0.0790. The molecule has 0 N–H and O–H groups in total. The zero-order valence-electron chi connectivity index (χ0n) is 13.2. The molecule has 3 aromatic rings. The van der Waals surface area contributed by atoms with Crippen LogP contribution in [0.4, 0.5) is 0 Å². The standard InChI is InChI=1S/C16H16N6O2/c1-21-10-18-8-13(21)15-20-19-14(24-15)12-4-7-22(9-12)16(23)11-2-5-17-6-3-11/h2-3,5-6,8,10,12H,4,7,9H2,1H3. The number of carbonyl (C=O) groups excluding carboxylic acids is 1. The fraction of sp³-hybridized carbons (Fsp3) is 0.312. The summed E-state index contributed by atoms with van der Waals surface area (Å²) in [6.45, 7) is 1.25. The van der Waals surface area contributed by atoms with Crippen LogP contribution in [-0.4, -0.2) is 48.6 Å². The zero-order chi connectivity index (χ0) is 16.5. The molecular weight excluding hydrogens is 308 g/mol. The molecule has 3 aromatic heterocycles. The van der Waals surface area contributed by atoms with Crippen molar-refractivity contribution in [1.29, 1.82) is 0 Å². The molecule has 1 fully saturated rings. The number of rotatable bonds is 3. The molecule has 0 bridgehead atoms. The smallest absolute Gasteiger partial charge is 0.265 e. The first-order chi connectivity index (χ1) is 11.7. The number of nitrogens with zero attached hydrogens (tertiary/aromatic N) is 6. The van der Waals surface area contributed by atoms with E-state index in [4.69, 9.17) is 4.42 Å². The van der Waals surface area contributed by atoms with E-state index in [-0.39, 0.29) is 11.8 Å². The third kappa shape index (κ3) is 2.55. The molecule has 1 saturated heterocycles. The third-order valence-electron chi connectivity index (χ3n) is 4.23. The Morgan fingerprint density at radius 2 is 2.08 bits per heavy atom. The van der Waals surface area contributed by atoms with Crippen LogP contribution in [0.1, 0.15) is 28.6 Å². The molecule has 0 aromatic carbocycles. The molecule has 0 aliphatic carbocycles. The van der Waals surface area contributed by atoms with Gasteiger partial charge < -0.3 is 13.9 Å². The Labute approximate surface area is 138 Å². The van der Waals surface area contributed by atoms with E-state index >= 15 is 0 Å². The van der Waals surface area contributed by atoms with Crippen molar-refractivity contribution in [2.24, 2.45) is 7.05 Å². The highest BCUT2D eigenvalue weighted by molar-refractivity contribution is 5.94. The number of amides is 1. The lowest BCUT2D eigenvalue weighted by Gasteiger charge is -2.15. The van der Waals surface area contributed by atoms with Crippen LogP contribution in [0.15, 0.2) is 41.5 Å². The Balaban J connectivity index is 1.49. The van der Waals surface area contributed by atoms with Crippen molar-refractivity contribution in [1.82, 2.24) is 29.6 Å². The molecule has 122 valence electrons. The summed E-state index contributed by atoms with van der Waals surface area (Å²) in [5, 5.41) is 8.26. The lowest BCUT2D eigenvalue weighted by atomic mass is 10.1. The van der Waals surface area contributed by atoms with Gasteiger partial charge in [0.2, 0.25) is 5.89 Å². The summed E-state index contributed by atoms with van der Waals surface area (Å²) in [6, 6.07) is 3.45. The molecule has 4 rings (SSSR count). The van der Waals surface area contributed by atoms with Crippen LogP contribution in [0.3, 0.4) is 0 Å². The molecule has 0 saturated carbocycles. The van der Waals surface area contributed by atoms with E-state index in [9.17, 15) is 4.79 Å². The zero-order valence-corrected chi connectivity index (χ0v) is 13.2. The molecule has 24 heavy (non-hydrogen) atoms. The van der Waals surface area contributed by atoms with Gasteiger partial charge in [-0.05, 0) is 18.6 Å². The first kappa shape index (κ1) is 14.6. The van der Waals surface area contributed by atoms with Gasteiger partial charge in [0.1, 0.15) is 5.69 Å². The average Bonchev–Trinajstić information content (AvgIpc) is 3.34. The number of carbonyl (C=O) groups is 1. The predicted octanol–water partition coefficient (Wildman–Crippen LogP) is 1.49. The maximum absolute atomic E-state index is 12.5. The van der Waals surface area contributed by atoms with Crippen molar-refractivity contribution in [2.75, 3.05) is 13.1 Å². The molecule has 0 spiro atoms. The maximum atomic E-state index is 12.5. The van der Waals surface area contributed by atoms with Gasteiger partial charge >= 0.3 is 0 Å². The van der Waals surface area contributed by atoms with Gasteiger partial charge in [-0.25, -0.2) is 4.98 Å². The topological polar surface area (TPSA) is 89.9 Å². The minimum Gasteiger partial charge on any atom is -0.419 e. The van der Waals surface area contributed by atoms with Gasteiger partial charge in [-0.1, -0.05) is 0 Å². The summed E-state index contributed by atoms with van der Waals surface area (Å²) >= 11 is 0. The van der Waals surface area contributed by atoms with Crippen molar-refractivity contribution < 1.29 is 9.21 Å². The second-order valence-electron chi connectivity index (χ2n) is 5.81. The summed E-state index contributed by atoms with van der Waals surface area (Å²) in [5.74, 6) is 1.08. The highest BCUT2D eigenvalue weighted by atomic mass is 16.4. The van der Waals surface area contributed by atoms with Gasteiger partial charge in [-0.2, -0.15) is 0 Å². The molecule has 0 radical (unpaired) electrons. The maximum Gasteiger partial charge on any atom is 0.265 e. The van der Waals surface area contributed by atoms with E-state index in [2.05, 4.69) is 20.2 Å². The fourth-order valence-corrected chi connectivity index (χ4v) is 2.89. The summed E-state index contributed by atoms with van der Waals surface area (Å²) < 4.78 is 7.62. The predicted molar refractivity (Wildman–Crippen MR) is 84.0 cm³/mol. The highest BCUT2D eigenvalue weighted by Crippen LogP contribution is 2.29. The molecular formula is C16H16N6O2. The Morgan fingerprint density at radius 1 is 1.25 bits per heavy atom. The van der Waals surface area contributed by atoms with Crippen LogP contribution in [0.5, 0.6) is 0 Å². The third-order valence-corrected chi connectivity index (χ3v) is 4.23. The normalized spacial score (nSPS) is 17.4. The highest BCUT2D eigenvalue weighted by Gasteiger charge is 2.31. The van der Waals surface area contributed by atoms with Gasteiger partial charge in [0.05, 0.1) is 18.4 Å². The second-order valence-corrected chi connectivity index (χ2v) is 5.81. The molecule has 1 aliphatic heterocycles. The van der Waals surface area contributed by atoms with E-state index in [0.29, 0.717) is 30.4 Å². The van der Waals surface area contributed by atoms with Gasteiger partial charge in [0.15, 0.2) is 0 Å². The fourth-order valence-electron chi connectivity index (χ4n) is 2.89. The van der Waals surface area contributed by atoms with Crippen LogP contribution in [0.2, 0.25) is 0 Å². The molecule has 1 aliphatic rings. The Hall–Kier alpha value is -3.03. The van der Waals surface area contributed by atoms with E-state index in [1.54, 1.807) is 37.1 Å². The second kappa shape index (κ2) is 5.88. The van der Waals surface area contributed by atoms with Gasteiger partial charge in [0, 0.05) is 38.1 Å². The Morgan fingerprint density at radius 3 is 2.83 bits per heavy atom. The van der Waals surface area contributed by atoms with Crippen molar-refractivity contribution in [3.05, 3.63) is 48.5 Å². The molecule has 1 atom stereocenters. The Kier molecular flexibility index (Phi) is 3.56. The van der Waals surface area contributed by atoms with Gasteiger partial charge in [-0.3, -0.25) is 9.78 Å². The lowest BCUT2D eigenvalue weighted by Crippen LogP contribution is -2.28.